The zero-order chi connectivity index (χ0) is 23.3. The van der Waals surface area contributed by atoms with Crippen molar-refractivity contribution in [2.75, 3.05) is 5.32 Å². The predicted molar refractivity (Wildman–Crippen MR) is 123 cm³/mol. The Balaban J connectivity index is 1.54. The molecule has 1 aliphatic heterocycles. The van der Waals surface area contributed by atoms with E-state index in [1.165, 1.54) is 23.9 Å². The molecule has 0 fully saturated rings. The van der Waals surface area contributed by atoms with Gasteiger partial charge in [0.2, 0.25) is 11.1 Å². The van der Waals surface area contributed by atoms with E-state index in [2.05, 4.69) is 15.4 Å². The second kappa shape index (κ2) is 8.03. The highest BCUT2D eigenvalue weighted by molar-refractivity contribution is 7.98. The van der Waals surface area contributed by atoms with Crippen molar-refractivity contribution in [3.8, 4) is 0 Å². The van der Waals surface area contributed by atoms with E-state index in [1.54, 1.807) is 4.68 Å². The lowest BCUT2D eigenvalue weighted by Crippen LogP contribution is -2.36. The van der Waals surface area contributed by atoms with Gasteiger partial charge in [-0.15, -0.1) is 5.10 Å². The molecule has 2 aromatic heterocycles. The molecular formula is C22H20ClN5O4S. The van der Waals surface area contributed by atoms with Gasteiger partial charge in [-0.2, -0.15) is 4.98 Å². The average Bonchev–Trinajstić information content (AvgIpc) is 3.38. The van der Waals surface area contributed by atoms with Crippen LogP contribution >= 0.6 is 23.4 Å². The summed E-state index contributed by atoms with van der Waals surface area (Å²) in [6.07, 6.45) is 1.01. The van der Waals surface area contributed by atoms with Crippen LogP contribution in [0.25, 0.3) is 0 Å². The van der Waals surface area contributed by atoms with Gasteiger partial charge in [-0.3, -0.25) is 14.9 Å². The Labute approximate surface area is 198 Å². The number of fused-ring (bicyclic) bond motifs is 1. The molecule has 3 heterocycles. The third-order valence-corrected chi connectivity index (χ3v) is 6.94. The van der Waals surface area contributed by atoms with Crippen molar-refractivity contribution in [2.45, 2.75) is 43.6 Å². The van der Waals surface area contributed by atoms with Crippen LogP contribution in [0.1, 0.15) is 44.1 Å². The van der Waals surface area contributed by atoms with Gasteiger partial charge in [0.15, 0.2) is 5.78 Å². The molecule has 0 spiro atoms. The molecule has 33 heavy (non-hydrogen) atoms. The Morgan fingerprint density at radius 2 is 2.09 bits per heavy atom. The van der Waals surface area contributed by atoms with E-state index < -0.39 is 11.0 Å². The van der Waals surface area contributed by atoms with E-state index >= 15 is 0 Å². The molecule has 0 saturated carbocycles. The van der Waals surface area contributed by atoms with Gasteiger partial charge in [-0.25, -0.2) is 4.68 Å². The predicted octanol–water partition coefficient (Wildman–Crippen LogP) is 5.38. The lowest BCUT2D eigenvalue weighted by molar-refractivity contribution is -0.402. The van der Waals surface area contributed by atoms with E-state index in [1.807, 2.05) is 38.1 Å². The van der Waals surface area contributed by atoms with E-state index in [0.29, 0.717) is 40.3 Å². The fourth-order valence-electron chi connectivity index (χ4n) is 4.26. The minimum Gasteiger partial charge on any atom is -0.403 e. The molecule has 0 amide bonds. The molecule has 0 saturated heterocycles. The largest absolute Gasteiger partial charge is 0.433 e. The maximum Gasteiger partial charge on any atom is 0.433 e. The second-order valence-corrected chi connectivity index (χ2v) is 10.2. The monoisotopic (exact) mass is 485 g/mol. The number of nitro groups is 1. The number of hydrogen-bond donors (Lipinski definition) is 1. The summed E-state index contributed by atoms with van der Waals surface area (Å²) in [7, 11) is 0. The zero-order valence-electron chi connectivity index (χ0n) is 17.9. The number of rotatable bonds is 5. The van der Waals surface area contributed by atoms with E-state index in [-0.39, 0.29) is 22.8 Å². The van der Waals surface area contributed by atoms with Crippen LogP contribution < -0.4 is 5.32 Å². The number of aromatic nitrogens is 3. The fourth-order valence-corrected chi connectivity index (χ4v) is 5.37. The molecule has 0 radical (unpaired) electrons. The Morgan fingerprint density at radius 1 is 1.30 bits per heavy atom. The van der Waals surface area contributed by atoms with Crippen LogP contribution in [-0.2, 0) is 10.5 Å². The van der Waals surface area contributed by atoms with Gasteiger partial charge in [0, 0.05) is 28.5 Å². The maximum absolute atomic E-state index is 13.2. The van der Waals surface area contributed by atoms with Crippen molar-refractivity contribution < 1.29 is 14.1 Å². The summed E-state index contributed by atoms with van der Waals surface area (Å²) in [6, 6.07) is 9.64. The molecular weight excluding hydrogens is 466 g/mol. The van der Waals surface area contributed by atoms with Crippen molar-refractivity contribution >= 4 is 41.0 Å². The van der Waals surface area contributed by atoms with Crippen molar-refractivity contribution in [1.29, 1.82) is 0 Å². The summed E-state index contributed by atoms with van der Waals surface area (Å²) in [5.41, 5.74) is 2.01. The van der Waals surface area contributed by atoms with E-state index in [9.17, 15) is 14.9 Å². The van der Waals surface area contributed by atoms with Gasteiger partial charge >= 0.3 is 5.88 Å². The van der Waals surface area contributed by atoms with Crippen LogP contribution in [0.3, 0.4) is 0 Å². The summed E-state index contributed by atoms with van der Waals surface area (Å²) in [6.45, 7) is 4.07. The summed E-state index contributed by atoms with van der Waals surface area (Å²) < 4.78 is 7.09. The molecule has 1 N–H and O–H groups in total. The second-order valence-electron chi connectivity index (χ2n) is 8.84. The fraction of sp³-hybridized carbons (Fsp3) is 0.318. The summed E-state index contributed by atoms with van der Waals surface area (Å²) in [5.74, 6) is 0.884. The van der Waals surface area contributed by atoms with Crippen molar-refractivity contribution in [2.24, 2.45) is 5.41 Å². The Morgan fingerprint density at radius 3 is 2.82 bits per heavy atom. The molecule has 3 aromatic rings. The maximum atomic E-state index is 13.2. The third-order valence-electron chi connectivity index (χ3n) is 5.69. The van der Waals surface area contributed by atoms with Gasteiger partial charge in [0.05, 0.1) is 6.07 Å². The smallest absolute Gasteiger partial charge is 0.403 e. The molecule has 2 aliphatic rings. The van der Waals surface area contributed by atoms with Crippen LogP contribution in [0, 0.1) is 15.5 Å². The number of halogens is 1. The topological polar surface area (TPSA) is 116 Å². The van der Waals surface area contributed by atoms with E-state index in [4.69, 9.17) is 16.0 Å². The molecule has 11 heteroatoms. The number of thioether (sulfide) groups is 1. The van der Waals surface area contributed by atoms with Crippen LogP contribution in [0.5, 0.6) is 0 Å². The molecule has 1 unspecified atom stereocenters. The van der Waals surface area contributed by atoms with Gasteiger partial charge in [0.1, 0.15) is 16.7 Å². The van der Waals surface area contributed by atoms with E-state index in [0.717, 1.165) is 11.3 Å². The lowest BCUT2D eigenvalue weighted by atomic mass is 9.73. The van der Waals surface area contributed by atoms with Gasteiger partial charge < -0.3 is 9.73 Å². The minimum atomic E-state index is -0.726. The number of ketones is 1. The first kappa shape index (κ1) is 21.7. The Hall–Kier alpha value is -3.11. The average molecular weight is 486 g/mol. The van der Waals surface area contributed by atoms with Crippen molar-refractivity contribution in [3.63, 3.8) is 0 Å². The molecule has 5 rings (SSSR count). The summed E-state index contributed by atoms with van der Waals surface area (Å²) >= 11 is 7.68. The van der Waals surface area contributed by atoms with Crippen LogP contribution in [0.4, 0.5) is 11.8 Å². The standard InChI is InChI=1S/C22H20ClN5O4S/c1-22(2)9-14-18(15(29)10-22)19(16-7-8-17(32-16)28(30)31)27-20(24-14)25-21(26-27)33-11-12-5-3-4-6-13(12)23/h3-8,19H,9-11H2,1-2H3,(H,24,25,26). The van der Waals surface area contributed by atoms with Gasteiger partial charge in [-0.1, -0.05) is 55.4 Å². The molecule has 1 atom stereocenters. The third kappa shape index (κ3) is 4.04. The highest BCUT2D eigenvalue weighted by atomic mass is 35.5. The molecule has 1 aliphatic carbocycles. The van der Waals surface area contributed by atoms with Crippen LogP contribution in [-0.4, -0.2) is 25.5 Å². The number of furan rings is 1. The normalized spacial score (nSPS) is 19.1. The van der Waals surface area contributed by atoms with Gasteiger partial charge in [-0.05, 0) is 29.5 Å². The number of nitrogens with zero attached hydrogens (tertiary/aromatic N) is 4. The summed E-state index contributed by atoms with van der Waals surface area (Å²) in [4.78, 5) is 28.4. The number of benzene rings is 1. The SMILES string of the molecule is CC1(C)CC(=O)C2=C(C1)Nc1nc(SCc3ccccc3Cl)nn1C2c1ccc([N+](=O)[O-])o1. The van der Waals surface area contributed by atoms with Crippen LogP contribution in [0.2, 0.25) is 5.02 Å². The first-order valence-electron chi connectivity index (χ1n) is 10.3. The minimum absolute atomic E-state index is 0.0378. The number of hydrogen-bond acceptors (Lipinski definition) is 8. The number of carbonyl (C=O) groups excluding carboxylic acids is 1. The lowest BCUT2D eigenvalue weighted by Gasteiger charge is -2.37. The molecule has 170 valence electrons. The molecule has 9 nitrogen and oxygen atoms in total. The summed E-state index contributed by atoms with van der Waals surface area (Å²) in [5, 5.41) is 20.3. The molecule has 1 aromatic carbocycles. The number of nitrogens with one attached hydrogen (secondary N) is 1. The number of anilines is 1. The highest BCUT2D eigenvalue weighted by Gasteiger charge is 2.43. The zero-order valence-corrected chi connectivity index (χ0v) is 19.4. The Bertz CT molecular complexity index is 1310. The Kier molecular flexibility index (Phi) is 5.29. The quantitative estimate of drug-likeness (QED) is 0.290. The van der Waals surface area contributed by atoms with Gasteiger partial charge in [0.25, 0.3) is 0 Å². The highest BCUT2D eigenvalue weighted by Crippen LogP contribution is 2.46. The van der Waals surface area contributed by atoms with Crippen molar-refractivity contribution in [1.82, 2.24) is 14.8 Å². The number of carbonyl (C=O) groups is 1. The van der Waals surface area contributed by atoms with Crippen molar-refractivity contribution in [3.05, 3.63) is 74.1 Å². The first-order chi connectivity index (χ1) is 15.7. The number of allylic oxidation sites excluding steroid dienone is 2. The number of Topliss-reactive ketones (excluding diaryl/α,β-unsaturated/α-hetero) is 1. The first-order valence-corrected chi connectivity index (χ1v) is 11.7. The molecule has 0 bridgehead atoms. The van der Waals surface area contributed by atoms with Crippen LogP contribution in [0.15, 0.2) is 57.2 Å².